The molecule has 0 aromatic heterocycles. The van der Waals surface area contributed by atoms with Crippen molar-refractivity contribution in [3.05, 3.63) is 70.0 Å². The van der Waals surface area contributed by atoms with Gasteiger partial charge in [0.15, 0.2) is 11.6 Å². The van der Waals surface area contributed by atoms with Crippen molar-refractivity contribution in [3.63, 3.8) is 0 Å². The molecule has 2 rings (SSSR count). The zero-order chi connectivity index (χ0) is 14.5. The van der Waals surface area contributed by atoms with Gasteiger partial charge in [0.05, 0.1) is 10.0 Å². The monoisotopic (exact) mass is 307 g/mol. The van der Waals surface area contributed by atoms with E-state index in [0.29, 0.717) is 21.7 Å². The molecule has 1 N–H and O–H groups in total. The van der Waals surface area contributed by atoms with Gasteiger partial charge in [-0.05, 0) is 24.6 Å². The minimum Gasteiger partial charge on any atom is -0.438 e. The van der Waals surface area contributed by atoms with Gasteiger partial charge < -0.3 is 10.1 Å². The lowest BCUT2D eigenvalue weighted by Gasteiger charge is -2.15. The summed E-state index contributed by atoms with van der Waals surface area (Å²) in [5.41, 5.74) is 2.05. The first kappa shape index (κ1) is 14.8. The van der Waals surface area contributed by atoms with Crippen molar-refractivity contribution < 1.29 is 4.74 Å². The largest absolute Gasteiger partial charge is 0.438 e. The highest BCUT2D eigenvalue weighted by Gasteiger charge is 2.11. The van der Waals surface area contributed by atoms with Crippen LogP contribution in [-0.4, -0.2) is 7.05 Å². The normalized spacial score (nSPS) is 11.8. The Kier molecular flexibility index (Phi) is 4.94. The zero-order valence-electron chi connectivity index (χ0n) is 11.3. The van der Waals surface area contributed by atoms with Crippen LogP contribution in [-0.2, 0) is 0 Å². The zero-order valence-corrected chi connectivity index (χ0v) is 12.8. The van der Waals surface area contributed by atoms with Gasteiger partial charge in [0, 0.05) is 12.6 Å². The molecule has 0 bridgehead atoms. The minimum atomic E-state index is 0.454. The molecular weight excluding hydrogens is 293 g/mol. The third kappa shape index (κ3) is 3.27. The van der Waals surface area contributed by atoms with E-state index in [0.717, 1.165) is 11.1 Å². The van der Waals surface area contributed by atoms with Gasteiger partial charge in [-0.15, -0.1) is 0 Å². The molecule has 0 aliphatic rings. The molecule has 2 aromatic rings. The van der Waals surface area contributed by atoms with Gasteiger partial charge >= 0.3 is 0 Å². The quantitative estimate of drug-likeness (QED) is 0.804. The van der Waals surface area contributed by atoms with E-state index < -0.39 is 0 Å². The third-order valence-corrected chi connectivity index (χ3v) is 3.49. The summed E-state index contributed by atoms with van der Waals surface area (Å²) < 4.78 is 5.85. The summed E-state index contributed by atoms with van der Waals surface area (Å²) >= 11 is 12.2. The topological polar surface area (TPSA) is 21.3 Å². The van der Waals surface area contributed by atoms with Crippen molar-refractivity contribution in [2.24, 2.45) is 0 Å². The molecule has 104 valence electrons. The number of allylic oxidation sites excluding steroid dienone is 1. The molecule has 0 fully saturated rings. The van der Waals surface area contributed by atoms with Gasteiger partial charge in [-0.25, -0.2) is 0 Å². The number of hydrogen-bond acceptors (Lipinski definition) is 2. The van der Waals surface area contributed by atoms with Crippen LogP contribution in [0.15, 0.2) is 54.4 Å². The molecule has 0 spiro atoms. The lowest BCUT2D eigenvalue weighted by molar-refractivity contribution is 0.395. The van der Waals surface area contributed by atoms with Crippen molar-refractivity contribution in [2.75, 3.05) is 7.05 Å². The third-order valence-electron chi connectivity index (χ3n) is 2.90. The maximum atomic E-state index is 6.12. The Morgan fingerprint density at radius 2 is 1.55 bits per heavy atom. The van der Waals surface area contributed by atoms with Crippen LogP contribution in [0.5, 0.6) is 5.75 Å². The lowest BCUT2D eigenvalue weighted by atomic mass is 10.1. The Labute approximate surface area is 129 Å². The van der Waals surface area contributed by atoms with Crippen LogP contribution < -0.4 is 10.1 Å². The highest BCUT2D eigenvalue weighted by Crippen LogP contribution is 2.34. The van der Waals surface area contributed by atoms with Gasteiger partial charge in [-0.2, -0.15) is 0 Å². The average Bonchev–Trinajstić information content (AvgIpc) is 2.47. The maximum absolute atomic E-state index is 6.12. The number of benzene rings is 2. The lowest BCUT2D eigenvalue weighted by Crippen LogP contribution is -2.14. The van der Waals surface area contributed by atoms with E-state index in [1.54, 1.807) is 25.2 Å². The van der Waals surface area contributed by atoms with Crippen LogP contribution in [0.4, 0.5) is 0 Å². The number of para-hydroxylation sites is 1. The molecule has 0 saturated carbocycles. The maximum Gasteiger partial charge on any atom is 0.196 e. The van der Waals surface area contributed by atoms with Crippen molar-refractivity contribution in [3.8, 4) is 5.75 Å². The Bertz CT molecular complexity index is 603. The van der Waals surface area contributed by atoms with Gasteiger partial charge in [-0.1, -0.05) is 59.6 Å². The van der Waals surface area contributed by atoms with Gasteiger partial charge in [0.25, 0.3) is 0 Å². The summed E-state index contributed by atoms with van der Waals surface area (Å²) in [4.78, 5) is 0. The highest BCUT2D eigenvalue weighted by molar-refractivity contribution is 6.37. The fourth-order valence-electron chi connectivity index (χ4n) is 1.82. The molecule has 0 atom stereocenters. The summed E-state index contributed by atoms with van der Waals surface area (Å²) in [5, 5.41) is 4.00. The van der Waals surface area contributed by atoms with E-state index in [1.807, 2.05) is 37.3 Å². The van der Waals surface area contributed by atoms with Crippen molar-refractivity contribution >= 4 is 28.8 Å². The summed E-state index contributed by atoms with van der Waals surface area (Å²) in [6.07, 6.45) is 0. The molecule has 0 aliphatic heterocycles. The van der Waals surface area contributed by atoms with E-state index in [1.165, 1.54) is 0 Å². The molecule has 0 radical (unpaired) electrons. The van der Waals surface area contributed by atoms with E-state index in [4.69, 9.17) is 27.9 Å². The van der Waals surface area contributed by atoms with Crippen molar-refractivity contribution in [1.29, 1.82) is 0 Å². The number of nitrogens with one attached hydrogen (secondary N) is 1. The minimum absolute atomic E-state index is 0.454. The summed E-state index contributed by atoms with van der Waals surface area (Å²) in [6, 6.07) is 15.2. The summed E-state index contributed by atoms with van der Waals surface area (Å²) in [7, 11) is 1.80. The van der Waals surface area contributed by atoms with Crippen LogP contribution in [0.25, 0.3) is 5.57 Å². The Balaban J connectivity index is 2.39. The van der Waals surface area contributed by atoms with Crippen LogP contribution in [0.3, 0.4) is 0 Å². The molecule has 0 heterocycles. The number of halogens is 2. The van der Waals surface area contributed by atoms with Crippen molar-refractivity contribution in [2.45, 2.75) is 6.92 Å². The average molecular weight is 308 g/mol. The summed E-state index contributed by atoms with van der Waals surface area (Å²) in [6.45, 7) is 1.98. The SMILES string of the molecule is CN/C(Oc1c(Cl)cccc1Cl)=C(/C)c1ccccc1. The van der Waals surface area contributed by atoms with E-state index >= 15 is 0 Å². The van der Waals surface area contributed by atoms with Gasteiger partial charge in [0.2, 0.25) is 0 Å². The Morgan fingerprint density at radius 1 is 0.950 bits per heavy atom. The molecule has 0 amide bonds. The van der Waals surface area contributed by atoms with E-state index in [2.05, 4.69) is 5.32 Å². The highest BCUT2D eigenvalue weighted by atomic mass is 35.5. The predicted molar refractivity (Wildman–Crippen MR) is 85.2 cm³/mol. The second-order valence-electron chi connectivity index (χ2n) is 4.22. The first-order valence-corrected chi connectivity index (χ1v) is 6.95. The first-order valence-electron chi connectivity index (χ1n) is 6.19. The van der Waals surface area contributed by atoms with E-state index in [-0.39, 0.29) is 0 Å². The molecule has 0 saturated heterocycles. The fourth-order valence-corrected chi connectivity index (χ4v) is 2.29. The second-order valence-corrected chi connectivity index (χ2v) is 5.04. The molecule has 0 aliphatic carbocycles. The standard InChI is InChI=1S/C16H15Cl2NO/c1-11(12-7-4-3-5-8-12)16(19-2)20-15-13(17)9-6-10-14(15)18/h3-10,19H,1-2H3/b16-11+. The molecule has 4 heteroatoms. The molecular formula is C16H15Cl2NO. The van der Waals surface area contributed by atoms with Gasteiger partial charge in [0.1, 0.15) is 0 Å². The Morgan fingerprint density at radius 3 is 2.10 bits per heavy atom. The van der Waals surface area contributed by atoms with Crippen LogP contribution in [0.1, 0.15) is 12.5 Å². The van der Waals surface area contributed by atoms with Crippen LogP contribution in [0.2, 0.25) is 10.0 Å². The molecule has 2 nitrogen and oxygen atoms in total. The molecule has 0 unspecified atom stereocenters. The summed E-state index contributed by atoms with van der Waals surface area (Å²) in [5.74, 6) is 1.07. The molecule has 2 aromatic carbocycles. The number of rotatable bonds is 4. The van der Waals surface area contributed by atoms with Crippen molar-refractivity contribution in [1.82, 2.24) is 5.32 Å². The predicted octanol–water partition coefficient (Wildman–Crippen LogP) is 4.98. The fraction of sp³-hybridized carbons (Fsp3) is 0.125. The number of ether oxygens (including phenoxy) is 1. The van der Waals surface area contributed by atoms with E-state index in [9.17, 15) is 0 Å². The number of hydrogen-bond donors (Lipinski definition) is 1. The second kappa shape index (κ2) is 6.69. The van der Waals surface area contributed by atoms with Gasteiger partial charge in [-0.3, -0.25) is 0 Å². The van der Waals surface area contributed by atoms with Crippen LogP contribution in [0, 0.1) is 0 Å². The first-order chi connectivity index (χ1) is 9.63. The molecule has 20 heavy (non-hydrogen) atoms. The Hall–Kier alpha value is -1.64. The smallest absolute Gasteiger partial charge is 0.196 e. The van der Waals surface area contributed by atoms with Crippen LogP contribution >= 0.6 is 23.2 Å².